The molecule has 144 valence electrons. The maximum atomic E-state index is 12.2. The number of amides is 1. The van der Waals surface area contributed by atoms with Gasteiger partial charge in [0.05, 0.1) is 0 Å². The predicted octanol–water partition coefficient (Wildman–Crippen LogP) is 3.03. The summed E-state index contributed by atoms with van der Waals surface area (Å²) in [6, 6.07) is 16.5. The van der Waals surface area contributed by atoms with Crippen molar-refractivity contribution in [1.82, 2.24) is 10.2 Å². The maximum absolute atomic E-state index is 12.2. The van der Waals surface area contributed by atoms with Gasteiger partial charge in [-0.25, -0.2) is 0 Å². The highest BCUT2D eigenvalue weighted by Crippen LogP contribution is 2.17. The molecule has 0 unspecified atom stereocenters. The Morgan fingerprint density at radius 2 is 1.81 bits per heavy atom. The number of hydrogen-bond acceptors (Lipinski definition) is 4. The molecule has 1 heterocycles. The predicted molar refractivity (Wildman–Crippen MR) is 106 cm³/mol. The molecule has 1 fully saturated rings. The van der Waals surface area contributed by atoms with E-state index in [0.717, 1.165) is 38.2 Å². The van der Waals surface area contributed by atoms with Crippen LogP contribution in [0, 0.1) is 0 Å². The van der Waals surface area contributed by atoms with E-state index in [-0.39, 0.29) is 11.9 Å². The molecule has 6 heteroatoms. The summed E-state index contributed by atoms with van der Waals surface area (Å²) in [5, 5.41) is 13.8. The fraction of sp³-hybridized carbons (Fsp3) is 0.381. The van der Waals surface area contributed by atoms with E-state index >= 15 is 0 Å². The number of nitrogens with zero attached hydrogens (tertiary/aromatic N) is 1. The number of hydrogen-bond donors (Lipinski definition) is 2. The molecule has 2 aromatic rings. The molecule has 1 saturated heterocycles. The van der Waals surface area contributed by atoms with Crippen LogP contribution in [0.25, 0.3) is 0 Å². The zero-order chi connectivity index (χ0) is 19.1. The van der Waals surface area contributed by atoms with Crippen molar-refractivity contribution in [2.24, 2.45) is 0 Å². The fourth-order valence-corrected chi connectivity index (χ4v) is 3.32. The molecule has 1 atom stereocenters. The van der Waals surface area contributed by atoms with Gasteiger partial charge in [0.25, 0.3) is 5.91 Å². The lowest BCUT2D eigenvalue weighted by Gasteiger charge is -2.32. The normalized spacial score (nSPS) is 16.7. The van der Waals surface area contributed by atoms with Crippen LogP contribution in [-0.4, -0.2) is 48.2 Å². The first-order chi connectivity index (χ1) is 13.1. The van der Waals surface area contributed by atoms with Crippen molar-refractivity contribution in [3.8, 4) is 5.75 Å². The number of aliphatic hydroxyl groups excluding tert-OH is 1. The molecule has 0 spiro atoms. The van der Waals surface area contributed by atoms with E-state index in [1.165, 1.54) is 0 Å². The third kappa shape index (κ3) is 5.96. The molecule has 1 aliphatic heterocycles. The van der Waals surface area contributed by atoms with Crippen molar-refractivity contribution in [3.63, 3.8) is 0 Å². The average molecular weight is 389 g/mol. The van der Waals surface area contributed by atoms with Gasteiger partial charge in [-0.15, -0.1) is 0 Å². The summed E-state index contributed by atoms with van der Waals surface area (Å²) < 4.78 is 5.73. The van der Waals surface area contributed by atoms with Crippen LogP contribution in [0.2, 0.25) is 5.02 Å². The molecular formula is C21H25ClN2O3. The first-order valence-electron chi connectivity index (χ1n) is 9.26. The van der Waals surface area contributed by atoms with Crippen LogP contribution in [0.3, 0.4) is 0 Å². The summed E-state index contributed by atoms with van der Waals surface area (Å²) in [7, 11) is 0. The number of rotatable bonds is 7. The van der Waals surface area contributed by atoms with Gasteiger partial charge < -0.3 is 15.2 Å². The second-order valence-electron chi connectivity index (χ2n) is 6.74. The molecule has 1 amide bonds. The molecule has 2 aromatic carbocycles. The van der Waals surface area contributed by atoms with Crippen LogP contribution in [0.15, 0.2) is 54.6 Å². The maximum Gasteiger partial charge on any atom is 0.253 e. The number of nitrogens with one attached hydrogen (secondary N) is 1. The zero-order valence-electron chi connectivity index (χ0n) is 15.2. The lowest BCUT2D eigenvalue weighted by molar-refractivity contribution is -0.130. The number of piperidine rings is 1. The van der Waals surface area contributed by atoms with Crippen LogP contribution in [0.5, 0.6) is 5.75 Å². The molecule has 2 N–H and O–H groups in total. The number of aliphatic hydroxyl groups is 1. The summed E-state index contributed by atoms with van der Waals surface area (Å²) in [4.78, 5) is 14.6. The molecule has 0 bridgehead atoms. The third-order valence-electron chi connectivity index (χ3n) is 4.79. The van der Waals surface area contributed by atoms with E-state index in [4.69, 9.17) is 16.3 Å². The van der Waals surface area contributed by atoms with E-state index in [2.05, 4.69) is 10.2 Å². The lowest BCUT2D eigenvalue weighted by Crippen LogP contribution is -2.46. The van der Waals surface area contributed by atoms with Crippen molar-refractivity contribution in [2.45, 2.75) is 25.0 Å². The molecule has 0 saturated carbocycles. The van der Waals surface area contributed by atoms with Gasteiger partial charge in [0.15, 0.2) is 6.10 Å². The van der Waals surface area contributed by atoms with E-state index in [9.17, 15) is 9.90 Å². The number of carbonyl (C=O) groups is 1. The minimum Gasteiger partial charge on any atom is -0.492 e. The van der Waals surface area contributed by atoms with Gasteiger partial charge in [0.2, 0.25) is 0 Å². The van der Waals surface area contributed by atoms with E-state index in [0.29, 0.717) is 17.2 Å². The molecule has 3 rings (SSSR count). The second kappa shape index (κ2) is 9.74. The zero-order valence-corrected chi connectivity index (χ0v) is 15.9. The first kappa shape index (κ1) is 19.7. The second-order valence-corrected chi connectivity index (χ2v) is 7.18. The Bertz CT molecular complexity index is 716. The lowest BCUT2D eigenvalue weighted by atomic mass is 10.0. The summed E-state index contributed by atoms with van der Waals surface area (Å²) in [5.74, 6) is 0.488. The van der Waals surface area contributed by atoms with Gasteiger partial charge in [-0.3, -0.25) is 9.69 Å². The first-order valence-corrected chi connectivity index (χ1v) is 9.64. The van der Waals surface area contributed by atoms with Gasteiger partial charge in [-0.2, -0.15) is 0 Å². The van der Waals surface area contributed by atoms with E-state index in [1.54, 1.807) is 12.1 Å². The quantitative estimate of drug-likeness (QED) is 0.765. The topological polar surface area (TPSA) is 61.8 Å². The number of halogens is 1. The molecule has 0 aliphatic carbocycles. The smallest absolute Gasteiger partial charge is 0.253 e. The number of benzene rings is 2. The Hall–Kier alpha value is -2.08. The number of likely N-dealkylation sites (tertiary alicyclic amines) is 1. The van der Waals surface area contributed by atoms with Gasteiger partial charge in [-0.1, -0.05) is 41.9 Å². The van der Waals surface area contributed by atoms with Crippen molar-refractivity contribution >= 4 is 17.5 Å². The Morgan fingerprint density at radius 1 is 1.15 bits per heavy atom. The highest BCUT2D eigenvalue weighted by molar-refractivity contribution is 6.30. The fourth-order valence-electron chi connectivity index (χ4n) is 3.19. The van der Waals surface area contributed by atoms with E-state index in [1.807, 2.05) is 42.5 Å². The van der Waals surface area contributed by atoms with Crippen molar-refractivity contribution in [2.75, 3.05) is 26.2 Å². The van der Waals surface area contributed by atoms with Gasteiger partial charge >= 0.3 is 0 Å². The van der Waals surface area contributed by atoms with Crippen LogP contribution in [0.1, 0.15) is 24.5 Å². The summed E-state index contributed by atoms with van der Waals surface area (Å²) in [5.41, 5.74) is 0.617. The number of carbonyl (C=O) groups excluding carboxylic acids is 1. The highest BCUT2D eigenvalue weighted by atomic mass is 35.5. The molecule has 27 heavy (non-hydrogen) atoms. The Morgan fingerprint density at radius 3 is 2.48 bits per heavy atom. The van der Waals surface area contributed by atoms with Gasteiger partial charge in [0.1, 0.15) is 12.4 Å². The summed E-state index contributed by atoms with van der Waals surface area (Å²) in [6.45, 7) is 3.26. The minimum atomic E-state index is -1.11. The molecule has 1 aliphatic rings. The van der Waals surface area contributed by atoms with Crippen molar-refractivity contribution in [3.05, 3.63) is 65.2 Å². The molecule has 0 aromatic heterocycles. The Balaban J connectivity index is 1.36. The standard InChI is InChI=1S/C21H25ClN2O3/c22-17-6-8-19(9-7-17)27-15-14-24-12-10-18(11-13-24)23-21(26)20(25)16-4-2-1-3-5-16/h1-9,18,20,25H,10-15H2,(H,23,26)/t20-/m1/s1. The molecular weight excluding hydrogens is 364 g/mol. The van der Waals surface area contributed by atoms with E-state index < -0.39 is 6.10 Å². The van der Waals surface area contributed by atoms with Gasteiger partial charge in [-0.05, 0) is 42.7 Å². The summed E-state index contributed by atoms with van der Waals surface area (Å²) in [6.07, 6.45) is 0.625. The molecule has 0 radical (unpaired) electrons. The average Bonchev–Trinajstić information content (AvgIpc) is 2.71. The van der Waals surface area contributed by atoms with Crippen LogP contribution < -0.4 is 10.1 Å². The largest absolute Gasteiger partial charge is 0.492 e. The van der Waals surface area contributed by atoms with Crippen LogP contribution in [0.4, 0.5) is 0 Å². The highest BCUT2D eigenvalue weighted by Gasteiger charge is 2.24. The van der Waals surface area contributed by atoms with Gasteiger partial charge in [0, 0.05) is 30.7 Å². The van der Waals surface area contributed by atoms with Crippen molar-refractivity contribution in [1.29, 1.82) is 0 Å². The van der Waals surface area contributed by atoms with Crippen LogP contribution >= 0.6 is 11.6 Å². The Labute approximate surface area is 164 Å². The summed E-state index contributed by atoms with van der Waals surface area (Å²) >= 11 is 5.86. The number of ether oxygens (including phenoxy) is 1. The van der Waals surface area contributed by atoms with Crippen LogP contribution in [-0.2, 0) is 4.79 Å². The third-order valence-corrected chi connectivity index (χ3v) is 5.04. The Kier molecular flexibility index (Phi) is 7.10. The SMILES string of the molecule is O=C(NC1CCN(CCOc2ccc(Cl)cc2)CC1)[C@H](O)c1ccccc1. The molecule has 5 nitrogen and oxygen atoms in total. The minimum absolute atomic E-state index is 0.101. The van der Waals surface area contributed by atoms with Crippen molar-refractivity contribution < 1.29 is 14.6 Å². The monoisotopic (exact) mass is 388 g/mol.